The zero-order valence-corrected chi connectivity index (χ0v) is 16.7. The maximum absolute atomic E-state index is 12.2. The number of aromatic nitrogens is 2. The highest BCUT2D eigenvalue weighted by Gasteiger charge is 2.14. The Morgan fingerprint density at radius 3 is 2.55 bits per heavy atom. The lowest BCUT2D eigenvalue weighted by Gasteiger charge is -2.15. The first-order valence-corrected chi connectivity index (χ1v) is 10.1. The monoisotopic (exact) mass is 412 g/mol. The van der Waals surface area contributed by atoms with Gasteiger partial charge in [0.25, 0.3) is 15.6 Å². The van der Waals surface area contributed by atoms with Crippen molar-refractivity contribution in [3.05, 3.63) is 77.3 Å². The molecule has 1 aromatic carbocycles. The van der Waals surface area contributed by atoms with Crippen LogP contribution in [0.2, 0.25) is 0 Å². The van der Waals surface area contributed by atoms with Crippen molar-refractivity contribution in [2.45, 2.75) is 0 Å². The van der Waals surface area contributed by atoms with Crippen LogP contribution in [0.4, 0.5) is 11.4 Å². The van der Waals surface area contributed by atoms with Gasteiger partial charge < -0.3 is 14.6 Å². The van der Waals surface area contributed by atoms with Gasteiger partial charge in [-0.3, -0.25) is 14.5 Å². The summed E-state index contributed by atoms with van der Waals surface area (Å²) in [6.07, 6.45) is 4.86. The van der Waals surface area contributed by atoms with E-state index in [9.17, 15) is 13.2 Å². The fourth-order valence-corrected chi connectivity index (χ4v) is 3.22. The summed E-state index contributed by atoms with van der Waals surface area (Å²) >= 11 is 0. The molecule has 0 spiro atoms. The molecule has 2 N–H and O–H groups in total. The van der Waals surface area contributed by atoms with Gasteiger partial charge in [0, 0.05) is 54.9 Å². The van der Waals surface area contributed by atoms with Gasteiger partial charge in [-0.25, -0.2) is 8.42 Å². The molecule has 0 amide bonds. The standard InChI is InChI=1S/C20H20N4O4S/c1-4-29(26,27)23-15-5-6-19(28-16-7-9-22-10-8-16)17(12-15)14-11-18(21-2)20(25)24(3)13-14/h4-13,21,23H,1H2,2-3H3. The summed E-state index contributed by atoms with van der Waals surface area (Å²) in [7, 11) is -0.378. The second kappa shape index (κ2) is 8.19. The van der Waals surface area contributed by atoms with Gasteiger partial charge >= 0.3 is 0 Å². The van der Waals surface area contributed by atoms with E-state index in [2.05, 4.69) is 21.6 Å². The predicted octanol–water partition coefficient (Wildman–Crippen LogP) is 3.17. The predicted molar refractivity (Wildman–Crippen MR) is 114 cm³/mol. The Labute approximate surface area is 168 Å². The molecule has 0 aliphatic rings. The molecule has 0 unspecified atom stereocenters. The van der Waals surface area contributed by atoms with E-state index in [4.69, 9.17) is 4.74 Å². The largest absolute Gasteiger partial charge is 0.457 e. The summed E-state index contributed by atoms with van der Waals surface area (Å²) in [5, 5.41) is 3.70. The molecule has 3 rings (SSSR count). The van der Waals surface area contributed by atoms with Crippen molar-refractivity contribution >= 4 is 21.4 Å². The molecule has 0 aliphatic heterocycles. The minimum absolute atomic E-state index is 0.184. The van der Waals surface area contributed by atoms with Crippen LogP contribution in [0.5, 0.6) is 11.5 Å². The van der Waals surface area contributed by atoms with Crippen molar-refractivity contribution in [1.82, 2.24) is 9.55 Å². The van der Waals surface area contributed by atoms with E-state index >= 15 is 0 Å². The normalized spacial score (nSPS) is 11.0. The highest BCUT2D eigenvalue weighted by Crippen LogP contribution is 2.36. The van der Waals surface area contributed by atoms with Crippen LogP contribution >= 0.6 is 0 Å². The molecule has 150 valence electrons. The third-order valence-electron chi connectivity index (χ3n) is 4.10. The Hall–Kier alpha value is -3.59. The van der Waals surface area contributed by atoms with E-state index in [0.29, 0.717) is 34.0 Å². The highest BCUT2D eigenvalue weighted by atomic mass is 32.2. The maximum atomic E-state index is 12.2. The fraction of sp³-hybridized carbons (Fsp3) is 0.100. The molecule has 0 radical (unpaired) electrons. The zero-order valence-electron chi connectivity index (χ0n) is 15.9. The minimum atomic E-state index is -3.67. The second-order valence-corrected chi connectivity index (χ2v) is 7.75. The molecule has 0 saturated heterocycles. The molecule has 0 bridgehead atoms. The molecule has 8 nitrogen and oxygen atoms in total. The summed E-state index contributed by atoms with van der Waals surface area (Å²) in [4.78, 5) is 16.2. The van der Waals surface area contributed by atoms with Crippen LogP contribution in [0.25, 0.3) is 11.1 Å². The van der Waals surface area contributed by atoms with Gasteiger partial charge in [-0.2, -0.15) is 0 Å². The quantitative estimate of drug-likeness (QED) is 0.618. The van der Waals surface area contributed by atoms with Crippen molar-refractivity contribution in [2.24, 2.45) is 7.05 Å². The lowest BCUT2D eigenvalue weighted by atomic mass is 10.0. The van der Waals surface area contributed by atoms with E-state index in [1.807, 2.05) is 0 Å². The van der Waals surface area contributed by atoms with Crippen molar-refractivity contribution in [3.63, 3.8) is 0 Å². The molecule has 0 aliphatic carbocycles. The first-order chi connectivity index (χ1) is 13.8. The van der Waals surface area contributed by atoms with Gasteiger partial charge in [-0.1, -0.05) is 6.58 Å². The Balaban J connectivity index is 2.16. The molecule has 3 aromatic rings. The van der Waals surface area contributed by atoms with Gasteiger partial charge in [0.2, 0.25) is 0 Å². The van der Waals surface area contributed by atoms with Gasteiger partial charge in [-0.15, -0.1) is 0 Å². The number of hydrogen-bond donors (Lipinski definition) is 2. The van der Waals surface area contributed by atoms with Crippen LogP contribution in [0, 0.1) is 0 Å². The Kier molecular flexibility index (Phi) is 5.69. The third kappa shape index (κ3) is 4.64. The summed E-state index contributed by atoms with van der Waals surface area (Å²) in [5.41, 5.74) is 1.81. The smallest absolute Gasteiger partial charge is 0.273 e. The van der Waals surface area contributed by atoms with Gasteiger partial charge in [0.1, 0.15) is 17.2 Å². The van der Waals surface area contributed by atoms with Crippen LogP contribution in [0.3, 0.4) is 0 Å². The van der Waals surface area contributed by atoms with Gasteiger partial charge in [-0.05, 0) is 36.4 Å². The molecule has 0 atom stereocenters. The summed E-state index contributed by atoms with van der Waals surface area (Å²) in [6, 6.07) is 9.97. The van der Waals surface area contributed by atoms with Crippen molar-refractivity contribution < 1.29 is 13.2 Å². The molecule has 0 saturated carbocycles. The number of pyridine rings is 2. The van der Waals surface area contributed by atoms with E-state index in [1.165, 1.54) is 4.57 Å². The summed E-state index contributed by atoms with van der Waals surface area (Å²) < 4.78 is 33.6. The van der Waals surface area contributed by atoms with Crippen molar-refractivity contribution in [2.75, 3.05) is 17.1 Å². The molecule has 9 heteroatoms. The van der Waals surface area contributed by atoms with E-state index in [1.54, 1.807) is 69.1 Å². The Bertz CT molecular complexity index is 1200. The first-order valence-electron chi connectivity index (χ1n) is 8.59. The number of anilines is 2. The number of hydrogen-bond acceptors (Lipinski definition) is 6. The number of nitrogens with one attached hydrogen (secondary N) is 2. The number of ether oxygens (including phenoxy) is 1. The van der Waals surface area contributed by atoms with Crippen molar-refractivity contribution in [3.8, 4) is 22.6 Å². The van der Waals surface area contributed by atoms with Crippen LogP contribution in [0.15, 0.2) is 71.8 Å². The number of nitrogens with zero attached hydrogens (tertiary/aromatic N) is 2. The van der Waals surface area contributed by atoms with Crippen LogP contribution in [0.1, 0.15) is 0 Å². The molecular formula is C20H20N4O4S. The lowest BCUT2D eigenvalue weighted by Crippen LogP contribution is -2.19. The average Bonchev–Trinajstić information content (AvgIpc) is 2.71. The summed E-state index contributed by atoms with van der Waals surface area (Å²) in [5.74, 6) is 1.05. The number of benzene rings is 1. The number of rotatable bonds is 7. The fourth-order valence-electron chi connectivity index (χ4n) is 2.69. The molecule has 0 fully saturated rings. The molecule has 29 heavy (non-hydrogen) atoms. The number of sulfonamides is 1. The van der Waals surface area contributed by atoms with Gasteiger partial charge in [0.15, 0.2) is 0 Å². The topological polar surface area (TPSA) is 102 Å². The van der Waals surface area contributed by atoms with Crippen LogP contribution in [-0.4, -0.2) is 25.0 Å². The maximum Gasteiger partial charge on any atom is 0.273 e. The van der Waals surface area contributed by atoms with E-state index in [-0.39, 0.29) is 5.56 Å². The third-order valence-corrected chi connectivity index (χ3v) is 5.06. The molecular weight excluding hydrogens is 392 g/mol. The van der Waals surface area contributed by atoms with Crippen molar-refractivity contribution in [1.29, 1.82) is 0 Å². The SMILES string of the molecule is C=CS(=O)(=O)Nc1ccc(Oc2ccncc2)c(-c2cc(NC)c(=O)n(C)c2)c1. The minimum Gasteiger partial charge on any atom is -0.457 e. The summed E-state index contributed by atoms with van der Waals surface area (Å²) in [6.45, 7) is 3.30. The van der Waals surface area contributed by atoms with E-state index in [0.717, 1.165) is 5.41 Å². The van der Waals surface area contributed by atoms with Crippen LogP contribution < -0.4 is 20.3 Å². The van der Waals surface area contributed by atoms with Gasteiger partial charge in [0.05, 0.1) is 0 Å². The van der Waals surface area contributed by atoms with Crippen LogP contribution in [-0.2, 0) is 17.1 Å². The van der Waals surface area contributed by atoms with E-state index < -0.39 is 10.0 Å². The molecule has 2 aromatic heterocycles. The zero-order chi connectivity index (χ0) is 21.0. The highest BCUT2D eigenvalue weighted by molar-refractivity contribution is 7.95. The second-order valence-electron chi connectivity index (χ2n) is 6.12. The first kappa shape index (κ1) is 20.2. The Morgan fingerprint density at radius 1 is 1.17 bits per heavy atom. The Morgan fingerprint density at radius 2 is 1.90 bits per heavy atom. The average molecular weight is 412 g/mol. The molecule has 2 heterocycles. The lowest BCUT2D eigenvalue weighted by molar-refractivity contribution is 0.483. The number of aryl methyl sites for hydroxylation is 1.